The number of hydrogen-bond donors (Lipinski definition) is 1. The van der Waals surface area contributed by atoms with Crippen molar-refractivity contribution in [3.05, 3.63) is 39.4 Å². The number of nitro groups is 1. The van der Waals surface area contributed by atoms with E-state index in [2.05, 4.69) is 10.3 Å². The summed E-state index contributed by atoms with van der Waals surface area (Å²) in [5.41, 5.74) is -4.13. The third-order valence-electron chi connectivity index (χ3n) is 3.98. The van der Waals surface area contributed by atoms with Gasteiger partial charge in [0.2, 0.25) is 16.0 Å². The molecule has 1 N–H and O–H groups in total. The number of carbonyl (C=O) groups is 1. The van der Waals surface area contributed by atoms with Crippen LogP contribution in [0.15, 0.2) is 17.1 Å². The van der Waals surface area contributed by atoms with Gasteiger partial charge in [0.25, 0.3) is 5.69 Å². The molecule has 0 aliphatic carbocycles. The first kappa shape index (κ1) is 22.5. The summed E-state index contributed by atoms with van der Waals surface area (Å²) in [5, 5.41) is 13.6. The lowest BCUT2D eigenvalue weighted by molar-refractivity contribution is -0.385. The van der Waals surface area contributed by atoms with Crippen LogP contribution < -0.4 is 5.32 Å². The molecule has 1 saturated heterocycles. The number of carbonyl (C=O) groups excluding carboxylic acids is 1. The number of ether oxygens (including phenoxy) is 1. The zero-order valence-corrected chi connectivity index (χ0v) is 17.1. The van der Waals surface area contributed by atoms with Crippen LogP contribution in [0.2, 0.25) is 0 Å². The van der Waals surface area contributed by atoms with E-state index in [0.29, 0.717) is 10.4 Å². The predicted octanol–water partition coefficient (Wildman–Crippen LogP) is 2.24. The maximum atomic E-state index is 14.5. The number of nitrogens with one attached hydrogen (secondary N) is 1. The molecule has 0 aromatic heterocycles. The SMILES string of the molecule is CN1/C(=N/C(=O)OC(C)(C)C)N[C@](C)(c2cc([N+](=O)[O-])cc(F)c2F)CS1(=O)=O. The van der Waals surface area contributed by atoms with Gasteiger partial charge < -0.3 is 10.1 Å². The molecule has 0 spiro atoms. The van der Waals surface area contributed by atoms with Gasteiger partial charge in [-0.1, -0.05) is 0 Å². The summed E-state index contributed by atoms with van der Waals surface area (Å²) in [6.07, 6.45) is -1.11. The van der Waals surface area contributed by atoms with E-state index in [0.717, 1.165) is 13.1 Å². The number of non-ortho nitro benzene ring substituents is 1. The fraction of sp³-hybridized carbons (Fsp3) is 0.500. The van der Waals surface area contributed by atoms with Crippen LogP contribution in [0.1, 0.15) is 33.3 Å². The van der Waals surface area contributed by atoms with Crippen LogP contribution in [-0.4, -0.2) is 48.1 Å². The Morgan fingerprint density at radius 2 is 1.97 bits per heavy atom. The number of aliphatic imine (C=N–C) groups is 1. The van der Waals surface area contributed by atoms with Crippen LogP contribution >= 0.6 is 0 Å². The summed E-state index contributed by atoms with van der Waals surface area (Å²) < 4.78 is 59.2. The number of sulfonamides is 1. The number of hydrogen-bond acceptors (Lipinski definition) is 6. The number of guanidine groups is 1. The molecule has 0 unspecified atom stereocenters. The quantitative estimate of drug-likeness (QED) is 0.558. The largest absolute Gasteiger partial charge is 0.442 e. The predicted molar refractivity (Wildman–Crippen MR) is 98.7 cm³/mol. The summed E-state index contributed by atoms with van der Waals surface area (Å²) in [6, 6.07) is 1.12. The average Bonchev–Trinajstić information content (AvgIpc) is 2.52. The Hall–Kier alpha value is -2.83. The van der Waals surface area contributed by atoms with Gasteiger partial charge in [-0.3, -0.25) is 10.1 Å². The Kier molecular flexibility index (Phi) is 5.58. The summed E-state index contributed by atoms with van der Waals surface area (Å²) in [4.78, 5) is 25.6. The van der Waals surface area contributed by atoms with Gasteiger partial charge >= 0.3 is 6.09 Å². The fourth-order valence-electron chi connectivity index (χ4n) is 2.65. The number of rotatable bonds is 2. The average molecular weight is 434 g/mol. The minimum atomic E-state index is -4.15. The van der Waals surface area contributed by atoms with E-state index in [4.69, 9.17) is 4.74 Å². The summed E-state index contributed by atoms with van der Waals surface area (Å²) in [6.45, 7) is 5.92. The standard InChI is InChI=1S/C16H20F2N4O6S/c1-15(2,3)28-14(23)19-13-20-16(4,8-29(26,27)21(13)5)10-6-9(22(24)25)7-11(17)12(10)18/h6-7H,8H2,1-5H3,(H,19,20,23)/t16-/m0/s1. The monoisotopic (exact) mass is 434 g/mol. The van der Waals surface area contributed by atoms with Crippen molar-refractivity contribution >= 4 is 27.8 Å². The number of nitro benzene ring substituents is 1. The van der Waals surface area contributed by atoms with E-state index in [1.54, 1.807) is 20.8 Å². The molecule has 1 aliphatic rings. The van der Waals surface area contributed by atoms with E-state index in [9.17, 15) is 32.1 Å². The zero-order chi connectivity index (χ0) is 22.4. The van der Waals surface area contributed by atoms with E-state index in [-0.39, 0.29) is 0 Å². The van der Waals surface area contributed by atoms with E-state index < -0.39 is 66.8 Å². The van der Waals surface area contributed by atoms with Crippen molar-refractivity contribution in [1.29, 1.82) is 0 Å². The highest BCUT2D eigenvalue weighted by molar-refractivity contribution is 7.89. The summed E-state index contributed by atoms with van der Waals surface area (Å²) in [5.74, 6) is -4.25. The number of nitrogens with zero attached hydrogens (tertiary/aromatic N) is 3. The van der Waals surface area contributed by atoms with Crippen molar-refractivity contribution in [2.75, 3.05) is 12.8 Å². The minimum absolute atomic E-state index is 0.390. The molecule has 13 heteroatoms. The van der Waals surface area contributed by atoms with E-state index >= 15 is 0 Å². The van der Waals surface area contributed by atoms with Crippen LogP contribution in [-0.2, 0) is 20.3 Å². The Morgan fingerprint density at radius 3 is 2.48 bits per heavy atom. The molecule has 29 heavy (non-hydrogen) atoms. The van der Waals surface area contributed by atoms with Gasteiger partial charge in [-0.2, -0.15) is 0 Å². The van der Waals surface area contributed by atoms with E-state index in [1.165, 1.54) is 6.92 Å². The Morgan fingerprint density at radius 1 is 1.38 bits per heavy atom. The molecule has 2 rings (SSSR count). The Labute approximate surface area is 165 Å². The van der Waals surface area contributed by atoms with Gasteiger partial charge in [-0.05, 0) is 27.7 Å². The van der Waals surface area contributed by atoms with Crippen LogP contribution in [0.25, 0.3) is 0 Å². The van der Waals surface area contributed by atoms with Crippen molar-refractivity contribution in [3.8, 4) is 0 Å². The van der Waals surface area contributed by atoms with Crippen molar-refractivity contribution < 1.29 is 31.7 Å². The third kappa shape index (κ3) is 4.78. The molecule has 160 valence electrons. The van der Waals surface area contributed by atoms with Crippen LogP contribution in [0.5, 0.6) is 0 Å². The van der Waals surface area contributed by atoms with Crippen molar-refractivity contribution in [2.45, 2.75) is 38.8 Å². The first-order chi connectivity index (χ1) is 13.1. The van der Waals surface area contributed by atoms with E-state index in [1.807, 2.05) is 0 Å². The lowest BCUT2D eigenvalue weighted by Gasteiger charge is -2.40. The molecule has 1 aliphatic heterocycles. The molecule has 10 nitrogen and oxygen atoms in total. The number of halogens is 2. The number of amides is 1. The molecule has 1 fully saturated rings. The lowest BCUT2D eigenvalue weighted by atomic mass is 9.92. The number of benzene rings is 1. The molecule has 1 atom stereocenters. The normalized spacial score (nSPS) is 22.9. The first-order valence-electron chi connectivity index (χ1n) is 8.26. The maximum Gasteiger partial charge on any atom is 0.437 e. The molecule has 0 radical (unpaired) electrons. The highest BCUT2D eigenvalue weighted by Crippen LogP contribution is 2.33. The van der Waals surface area contributed by atoms with Gasteiger partial charge in [-0.15, -0.1) is 4.99 Å². The lowest BCUT2D eigenvalue weighted by Crippen LogP contribution is -2.61. The molecule has 1 amide bonds. The van der Waals surface area contributed by atoms with Crippen molar-refractivity contribution in [1.82, 2.24) is 9.62 Å². The summed E-state index contributed by atoms with van der Waals surface area (Å²) in [7, 11) is -3.04. The topological polar surface area (TPSA) is 131 Å². The van der Waals surface area contributed by atoms with Crippen molar-refractivity contribution in [3.63, 3.8) is 0 Å². The van der Waals surface area contributed by atoms with Crippen LogP contribution in [0, 0.1) is 21.7 Å². The van der Waals surface area contributed by atoms with Gasteiger partial charge in [0, 0.05) is 18.7 Å². The second kappa shape index (κ2) is 7.21. The maximum absolute atomic E-state index is 14.5. The van der Waals surface area contributed by atoms with Gasteiger partial charge in [0.05, 0.1) is 22.3 Å². The zero-order valence-electron chi connectivity index (χ0n) is 16.3. The third-order valence-corrected chi connectivity index (χ3v) is 5.93. The smallest absolute Gasteiger partial charge is 0.437 e. The highest BCUT2D eigenvalue weighted by atomic mass is 32.2. The molecular formula is C16H20F2N4O6S. The molecule has 1 heterocycles. The molecule has 0 saturated carbocycles. The Balaban J connectivity index is 2.59. The second-order valence-corrected chi connectivity index (χ2v) is 9.64. The van der Waals surface area contributed by atoms with Crippen LogP contribution in [0.3, 0.4) is 0 Å². The summed E-state index contributed by atoms with van der Waals surface area (Å²) >= 11 is 0. The highest BCUT2D eigenvalue weighted by Gasteiger charge is 2.45. The molecule has 1 aromatic rings. The van der Waals surface area contributed by atoms with Crippen LogP contribution in [0.4, 0.5) is 19.3 Å². The molecule has 1 aromatic carbocycles. The fourth-order valence-corrected chi connectivity index (χ4v) is 4.15. The van der Waals surface area contributed by atoms with Gasteiger partial charge in [-0.25, -0.2) is 26.3 Å². The van der Waals surface area contributed by atoms with Crippen molar-refractivity contribution in [2.24, 2.45) is 4.99 Å². The van der Waals surface area contributed by atoms with Gasteiger partial charge in [0.15, 0.2) is 11.6 Å². The molecule has 0 bridgehead atoms. The second-order valence-electron chi connectivity index (χ2n) is 7.64. The Bertz CT molecular complexity index is 1010. The first-order valence-corrected chi connectivity index (χ1v) is 9.87. The van der Waals surface area contributed by atoms with Gasteiger partial charge in [0.1, 0.15) is 5.60 Å². The minimum Gasteiger partial charge on any atom is -0.442 e. The molecular weight excluding hydrogens is 414 g/mol.